The van der Waals surface area contributed by atoms with Crippen LogP contribution in [-0.4, -0.2) is 22.9 Å². The molecular weight excluding hydrogens is 275 g/mol. The summed E-state index contributed by atoms with van der Waals surface area (Å²) in [4.78, 5) is 3.95. The van der Waals surface area contributed by atoms with Crippen LogP contribution in [0.15, 0.2) is 22.7 Å². The maximum absolute atomic E-state index is 11.9. The first-order chi connectivity index (χ1) is 9.37. The van der Waals surface area contributed by atoms with Crippen molar-refractivity contribution in [2.75, 3.05) is 12.3 Å². The number of nitrogens with zero attached hydrogens (tertiary/aromatic N) is 2. The minimum absolute atomic E-state index is 0.0326. The first-order valence-corrected chi connectivity index (χ1v) is 5.69. The van der Waals surface area contributed by atoms with Crippen LogP contribution in [-0.2, 0) is 11.3 Å². The van der Waals surface area contributed by atoms with Gasteiger partial charge in [-0.3, -0.25) is 0 Å². The number of benzene rings is 1. The minimum Gasteiger partial charge on any atom is -0.398 e. The molecule has 108 valence electrons. The number of rotatable bonds is 4. The van der Waals surface area contributed by atoms with Crippen LogP contribution < -0.4 is 5.73 Å². The number of halogens is 3. The van der Waals surface area contributed by atoms with Crippen LogP contribution in [0, 0.1) is 6.92 Å². The predicted octanol–water partition coefficient (Wildman–Crippen LogP) is 2.71. The van der Waals surface area contributed by atoms with Crippen molar-refractivity contribution in [3.8, 4) is 11.5 Å². The third kappa shape index (κ3) is 3.47. The van der Waals surface area contributed by atoms with Crippen LogP contribution in [0.1, 0.15) is 11.4 Å². The SMILES string of the molecule is Cc1cccc(-c2nc(COCC(F)(F)F)no2)c1N. The molecule has 2 N–H and O–H groups in total. The average molecular weight is 287 g/mol. The lowest BCUT2D eigenvalue weighted by Crippen LogP contribution is -2.16. The van der Waals surface area contributed by atoms with Gasteiger partial charge in [0.2, 0.25) is 0 Å². The lowest BCUT2D eigenvalue weighted by Gasteiger charge is -2.04. The Morgan fingerprint density at radius 1 is 1.35 bits per heavy atom. The van der Waals surface area contributed by atoms with Gasteiger partial charge >= 0.3 is 6.18 Å². The molecule has 0 aliphatic rings. The number of nitrogen functional groups attached to an aromatic ring is 1. The molecule has 20 heavy (non-hydrogen) atoms. The Morgan fingerprint density at radius 2 is 2.10 bits per heavy atom. The molecule has 0 atom stereocenters. The van der Waals surface area contributed by atoms with Gasteiger partial charge in [0.05, 0.1) is 5.56 Å². The highest BCUT2D eigenvalue weighted by molar-refractivity contribution is 5.72. The van der Waals surface area contributed by atoms with E-state index < -0.39 is 12.8 Å². The van der Waals surface area contributed by atoms with Crippen LogP contribution in [0.25, 0.3) is 11.5 Å². The number of hydrogen-bond donors (Lipinski definition) is 1. The van der Waals surface area contributed by atoms with Crippen molar-refractivity contribution in [3.63, 3.8) is 0 Å². The van der Waals surface area contributed by atoms with E-state index in [2.05, 4.69) is 14.9 Å². The first kappa shape index (κ1) is 14.3. The Morgan fingerprint density at radius 3 is 2.80 bits per heavy atom. The lowest BCUT2D eigenvalue weighted by molar-refractivity contribution is -0.177. The van der Waals surface area contributed by atoms with E-state index in [0.29, 0.717) is 11.3 Å². The fourth-order valence-electron chi connectivity index (χ4n) is 1.55. The summed E-state index contributed by atoms with van der Waals surface area (Å²) in [6.45, 7) is 0.0841. The van der Waals surface area contributed by atoms with Crippen LogP contribution in [0.2, 0.25) is 0 Å². The second kappa shape index (κ2) is 5.49. The molecule has 0 spiro atoms. The summed E-state index contributed by atoms with van der Waals surface area (Å²) < 4.78 is 45.2. The number of aryl methyl sites for hydroxylation is 1. The van der Waals surface area contributed by atoms with Crippen LogP contribution >= 0.6 is 0 Å². The molecule has 8 heteroatoms. The highest BCUT2D eigenvalue weighted by Gasteiger charge is 2.27. The summed E-state index contributed by atoms with van der Waals surface area (Å²) in [7, 11) is 0. The summed E-state index contributed by atoms with van der Waals surface area (Å²) in [5.74, 6) is 0.182. The van der Waals surface area contributed by atoms with Gasteiger partial charge in [-0.25, -0.2) is 0 Å². The van der Waals surface area contributed by atoms with Crippen molar-refractivity contribution >= 4 is 5.69 Å². The van der Waals surface area contributed by atoms with Crippen LogP contribution in [0.5, 0.6) is 0 Å². The average Bonchev–Trinajstić information content (AvgIpc) is 2.79. The number of aromatic nitrogens is 2. The van der Waals surface area contributed by atoms with E-state index >= 15 is 0 Å². The quantitative estimate of drug-likeness (QED) is 0.875. The minimum atomic E-state index is -4.38. The summed E-state index contributed by atoms with van der Waals surface area (Å²) in [6, 6.07) is 5.28. The molecular formula is C12H12F3N3O2. The molecule has 0 saturated heterocycles. The first-order valence-electron chi connectivity index (χ1n) is 5.69. The number of ether oxygens (including phenoxy) is 1. The highest BCUT2D eigenvalue weighted by Crippen LogP contribution is 2.26. The van der Waals surface area contributed by atoms with Gasteiger partial charge in [0.25, 0.3) is 5.89 Å². The Labute approximate surface area is 112 Å². The third-order valence-electron chi connectivity index (χ3n) is 2.52. The predicted molar refractivity (Wildman–Crippen MR) is 64.6 cm³/mol. The van der Waals surface area contributed by atoms with Gasteiger partial charge in [0, 0.05) is 5.69 Å². The van der Waals surface area contributed by atoms with Gasteiger partial charge in [0.1, 0.15) is 13.2 Å². The largest absolute Gasteiger partial charge is 0.411 e. The molecule has 0 aliphatic carbocycles. The van der Waals surface area contributed by atoms with Crippen molar-refractivity contribution < 1.29 is 22.4 Å². The number of hydrogen-bond acceptors (Lipinski definition) is 5. The Balaban J connectivity index is 2.07. The molecule has 1 heterocycles. The summed E-state index contributed by atoms with van der Waals surface area (Å²) in [6.07, 6.45) is -4.38. The van der Waals surface area contributed by atoms with E-state index in [4.69, 9.17) is 10.3 Å². The normalized spacial score (nSPS) is 11.8. The fourth-order valence-corrected chi connectivity index (χ4v) is 1.55. The maximum Gasteiger partial charge on any atom is 0.411 e. The van der Waals surface area contributed by atoms with Gasteiger partial charge in [0.15, 0.2) is 5.82 Å². The lowest BCUT2D eigenvalue weighted by atomic mass is 10.1. The molecule has 0 aliphatic heterocycles. The summed E-state index contributed by atoms with van der Waals surface area (Å²) >= 11 is 0. The van der Waals surface area contributed by atoms with E-state index in [1.54, 1.807) is 12.1 Å². The zero-order valence-corrected chi connectivity index (χ0v) is 10.6. The van der Waals surface area contributed by atoms with Crippen molar-refractivity contribution in [2.45, 2.75) is 19.7 Å². The molecule has 0 saturated carbocycles. The molecule has 5 nitrogen and oxygen atoms in total. The van der Waals surface area contributed by atoms with Gasteiger partial charge in [-0.1, -0.05) is 17.3 Å². The summed E-state index contributed by atoms with van der Waals surface area (Å²) in [5.41, 5.74) is 7.74. The number of alkyl halides is 3. The highest BCUT2D eigenvalue weighted by atomic mass is 19.4. The Kier molecular flexibility index (Phi) is 3.93. The van der Waals surface area contributed by atoms with Gasteiger partial charge in [-0.05, 0) is 18.6 Å². The Bertz CT molecular complexity index is 596. The van der Waals surface area contributed by atoms with Crippen molar-refractivity contribution in [1.82, 2.24) is 10.1 Å². The van der Waals surface area contributed by atoms with Crippen molar-refractivity contribution in [3.05, 3.63) is 29.6 Å². The van der Waals surface area contributed by atoms with Gasteiger partial charge in [-0.15, -0.1) is 0 Å². The number of anilines is 1. The molecule has 0 radical (unpaired) electrons. The maximum atomic E-state index is 11.9. The standard InChI is InChI=1S/C12H12F3N3O2/c1-7-3-2-4-8(10(7)16)11-17-9(18-20-11)5-19-6-12(13,14)15/h2-4H,5-6,16H2,1H3. The molecule has 1 aromatic carbocycles. The topological polar surface area (TPSA) is 74.2 Å². The molecule has 1 aromatic heterocycles. The monoisotopic (exact) mass is 287 g/mol. The van der Waals surface area contributed by atoms with Crippen LogP contribution in [0.4, 0.5) is 18.9 Å². The Hall–Kier alpha value is -2.09. The second-order valence-electron chi connectivity index (χ2n) is 4.16. The zero-order chi connectivity index (χ0) is 14.8. The van der Waals surface area contributed by atoms with Gasteiger partial charge < -0.3 is 15.0 Å². The molecule has 0 bridgehead atoms. The van der Waals surface area contributed by atoms with E-state index in [9.17, 15) is 13.2 Å². The van der Waals surface area contributed by atoms with E-state index in [0.717, 1.165) is 5.56 Å². The molecule has 2 aromatic rings. The van der Waals surface area contributed by atoms with Crippen molar-refractivity contribution in [2.24, 2.45) is 0 Å². The van der Waals surface area contributed by atoms with Crippen molar-refractivity contribution in [1.29, 1.82) is 0 Å². The molecule has 0 unspecified atom stereocenters. The van der Waals surface area contributed by atoms with Gasteiger partial charge in [-0.2, -0.15) is 18.2 Å². The molecule has 0 amide bonds. The fraction of sp³-hybridized carbons (Fsp3) is 0.333. The summed E-state index contributed by atoms with van der Waals surface area (Å²) in [5, 5.41) is 3.55. The molecule has 2 rings (SSSR count). The van der Waals surface area contributed by atoms with E-state index in [1.165, 1.54) is 0 Å². The second-order valence-corrected chi connectivity index (χ2v) is 4.16. The number of nitrogens with two attached hydrogens (primary N) is 1. The zero-order valence-electron chi connectivity index (χ0n) is 10.6. The van der Waals surface area contributed by atoms with E-state index in [-0.39, 0.29) is 18.3 Å². The number of para-hydroxylation sites is 1. The van der Waals surface area contributed by atoms with Crippen LogP contribution in [0.3, 0.4) is 0 Å². The third-order valence-corrected chi connectivity index (χ3v) is 2.52. The smallest absolute Gasteiger partial charge is 0.398 e. The molecule has 0 fully saturated rings. The van der Waals surface area contributed by atoms with E-state index in [1.807, 2.05) is 13.0 Å².